The summed E-state index contributed by atoms with van der Waals surface area (Å²) in [5.41, 5.74) is 10.7. The van der Waals surface area contributed by atoms with Gasteiger partial charge in [0.15, 0.2) is 5.58 Å². The number of nitriles is 1. The number of anilines is 2. The smallest absolute Gasteiger partial charge is 0.159 e. The van der Waals surface area contributed by atoms with Gasteiger partial charge in [0.1, 0.15) is 5.76 Å². The summed E-state index contributed by atoms with van der Waals surface area (Å²) in [6, 6.07) is 42.5. The van der Waals surface area contributed by atoms with Crippen LogP contribution in [-0.2, 0) is 6.54 Å². The number of hydrogen-bond donors (Lipinski definition) is 3. The maximum absolute atomic E-state index is 9.34. The highest BCUT2D eigenvalue weighted by atomic mass is 16.3. The van der Waals surface area contributed by atoms with Gasteiger partial charge < -0.3 is 20.5 Å². The van der Waals surface area contributed by atoms with Crippen molar-refractivity contribution in [1.29, 1.82) is 10.7 Å². The molecule has 228 valence electrons. The maximum Gasteiger partial charge on any atom is 0.159 e. The van der Waals surface area contributed by atoms with Crippen LogP contribution in [0.15, 0.2) is 138 Å². The normalized spacial score (nSPS) is 14.0. The predicted octanol–water partition coefficient (Wildman–Crippen LogP) is 10.4. The maximum atomic E-state index is 9.34. The molecule has 0 radical (unpaired) electrons. The lowest BCUT2D eigenvalue weighted by atomic mass is 9.90. The Morgan fingerprint density at radius 1 is 0.894 bits per heavy atom. The number of benzene rings is 5. The second-order valence-electron chi connectivity index (χ2n) is 11.9. The minimum Gasteiger partial charge on any atom is -0.454 e. The van der Waals surface area contributed by atoms with Crippen molar-refractivity contribution in [3.05, 3.63) is 167 Å². The zero-order valence-corrected chi connectivity index (χ0v) is 26.1. The lowest BCUT2D eigenvalue weighted by molar-refractivity contribution is 0.587. The molecule has 1 aliphatic carbocycles. The third kappa shape index (κ3) is 6.22. The molecule has 47 heavy (non-hydrogen) atoms. The van der Waals surface area contributed by atoms with E-state index in [-0.39, 0.29) is 0 Å². The molecule has 3 N–H and O–H groups in total. The van der Waals surface area contributed by atoms with E-state index in [1.165, 1.54) is 5.56 Å². The number of hydrogen-bond acceptors (Lipinski definition) is 5. The fraction of sp³-hybridized carbons (Fsp3) is 0.0952. The van der Waals surface area contributed by atoms with Crippen LogP contribution in [0.2, 0.25) is 0 Å². The van der Waals surface area contributed by atoms with Gasteiger partial charge in [-0.2, -0.15) is 5.26 Å². The van der Waals surface area contributed by atoms with Crippen LogP contribution >= 0.6 is 0 Å². The minimum atomic E-state index is 0.329. The molecule has 1 heterocycles. The van der Waals surface area contributed by atoms with E-state index >= 15 is 0 Å². The van der Waals surface area contributed by atoms with Crippen molar-refractivity contribution in [3.63, 3.8) is 0 Å². The predicted molar refractivity (Wildman–Crippen MR) is 193 cm³/mol. The van der Waals surface area contributed by atoms with Crippen molar-refractivity contribution < 1.29 is 4.42 Å². The van der Waals surface area contributed by atoms with Crippen LogP contribution in [-0.4, -0.2) is 5.71 Å². The summed E-state index contributed by atoms with van der Waals surface area (Å²) >= 11 is 0. The van der Waals surface area contributed by atoms with Crippen molar-refractivity contribution >= 4 is 39.8 Å². The van der Waals surface area contributed by atoms with Crippen molar-refractivity contribution in [2.75, 3.05) is 5.32 Å². The SMILES string of the molecule is CC1CC=Cc2oc3c(Nc4cccc(CN/C(=C\C(=N)c5cccc(C#N)c5)c5ccccc5)c4)c(-c4ccccc4)ccc3c21. The van der Waals surface area contributed by atoms with Gasteiger partial charge in [0.05, 0.1) is 23.0 Å². The summed E-state index contributed by atoms with van der Waals surface area (Å²) in [5.74, 6) is 1.33. The van der Waals surface area contributed by atoms with Gasteiger partial charge in [0.2, 0.25) is 0 Å². The highest BCUT2D eigenvalue weighted by Crippen LogP contribution is 2.44. The summed E-state index contributed by atoms with van der Waals surface area (Å²) in [5, 5.41) is 26.6. The molecular formula is C42H34N4O. The molecule has 5 heteroatoms. The topological polar surface area (TPSA) is 84.8 Å². The van der Waals surface area contributed by atoms with E-state index in [1.54, 1.807) is 12.1 Å². The standard InChI is InChI=1S/C42H34N4O/c1-28-11-8-20-39-40(28)36-22-21-35(31-14-4-2-5-15-31)41(42(36)47-39)46-34-19-10-13-30(24-34)27-45-38(32-16-6-3-7-17-32)25-37(44)33-18-9-12-29(23-33)26-43/h2-10,12-25,28,44-46H,11,27H2,1H3/b38-25-,44-37?. The van der Waals surface area contributed by atoms with Gasteiger partial charge in [-0.05, 0) is 65.4 Å². The fourth-order valence-corrected chi connectivity index (χ4v) is 6.25. The fourth-order valence-electron chi connectivity index (χ4n) is 6.25. The molecule has 1 unspecified atom stereocenters. The van der Waals surface area contributed by atoms with Gasteiger partial charge in [-0.25, -0.2) is 0 Å². The highest BCUT2D eigenvalue weighted by Gasteiger charge is 2.24. The summed E-state index contributed by atoms with van der Waals surface area (Å²) in [6.45, 7) is 2.81. The number of rotatable bonds is 9. The lowest BCUT2D eigenvalue weighted by Crippen LogP contribution is -2.14. The first-order valence-electron chi connectivity index (χ1n) is 15.8. The van der Waals surface area contributed by atoms with Gasteiger partial charge in [-0.3, -0.25) is 0 Å². The first-order chi connectivity index (χ1) is 23.1. The second kappa shape index (κ2) is 13.1. The molecule has 5 nitrogen and oxygen atoms in total. The van der Waals surface area contributed by atoms with Crippen LogP contribution in [0.3, 0.4) is 0 Å². The van der Waals surface area contributed by atoms with Crippen LogP contribution in [0, 0.1) is 16.7 Å². The van der Waals surface area contributed by atoms with Crippen molar-refractivity contribution in [2.45, 2.75) is 25.8 Å². The first-order valence-corrected chi connectivity index (χ1v) is 15.8. The Hall–Kier alpha value is -6.12. The van der Waals surface area contributed by atoms with Crippen molar-refractivity contribution in [2.24, 2.45) is 0 Å². The van der Waals surface area contributed by atoms with Gasteiger partial charge >= 0.3 is 0 Å². The third-order valence-electron chi connectivity index (χ3n) is 8.62. The number of nitrogens with one attached hydrogen (secondary N) is 3. The molecule has 7 rings (SSSR count). The zero-order chi connectivity index (χ0) is 32.2. The van der Waals surface area contributed by atoms with Crippen LogP contribution in [0.5, 0.6) is 0 Å². The highest BCUT2D eigenvalue weighted by molar-refractivity contribution is 6.10. The molecule has 0 fully saturated rings. The molecule has 0 saturated carbocycles. The van der Waals surface area contributed by atoms with E-state index < -0.39 is 0 Å². The van der Waals surface area contributed by atoms with E-state index in [0.29, 0.717) is 29.3 Å². The largest absolute Gasteiger partial charge is 0.454 e. The zero-order valence-electron chi connectivity index (χ0n) is 26.1. The lowest BCUT2D eigenvalue weighted by Gasteiger charge is -2.16. The van der Waals surface area contributed by atoms with Crippen molar-refractivity contribution in [3.8, 4) is 17.2 Å². The average molecular weight is 611 g/mol. The third-order valence-corrected chi connectivity index (χ3v) is 8.62. The number of allylic oxidation sites excluding steroid dienone is 2. The van der Waals surface area contributed by atoms with Crippen LogP contribution < -0.4 is 10.6 Å². The summed E-state index contributed by atoms with van der Waals surface area (Å²) in [4.78, 5) is 0. The number of furan rings is 1. The Balaban J connectivity index is 1.20. The van der Waals surface area contributed by atoms with E-state index in [4.69, 9.17) is 9.83 Å². The van der Waals surface area contributed by atoms with Crippen LogP contribution in [0.4, 0.5) is 11.4 Å². The Kier molecular flexibility index (Phi) is 8.24. The molecule has 1 aliphatic rings. The molecule has 0 amide bonds. The summed E-state index contributed by atoms with van der Waals surface area (Å²) in [6.07, 6.45) is 7.13. The Morgan fingerprint density at radius 2 is 1.66 bits per heavy atom. The summed E-state index contributed by atoms with van der Waals surface area (Å²) < 4.78 is 6.57. The van der Waals surface area contributed by atoms with Gasteiger partial charge in [0.25, 0.3) is 0 Å². The number of nitrogens with zero attached hydrogens (tertiary/aromatic N) is 1. The Labute approximate surface area is 275 Å². The molecule has 0 aliphatic heterocycles. The second-order valence-corrected chi connectivity index (χ2v) is 11.9. The van der Waals surface area contributed by atoms with E-state index in [9.17, 15) is 5.26 Å². The van der Waals surface area contributed by atoms with Crippen molar-refractivity contribution in [1.82, 2.24) is 5.32 Å². The molecule has 0 spiro atoms. The van der Waals surface area contributed by atoms with E-state index in [2.05, 4.69) is 96.4 Å². The van der Waals surface area contributed by atoms with E-state index in [1.807, 2.05) is 54.6 Å². The Bertz CT molecular complexity index is 2190. The molecule has 1 atom stereocenters. The molecule has 0 saturated heterocycles. The Morgan fingerprint density at radius 3 is 2.47 bits per heavy atom. The van der Waals surface area contributed by atoms with Gasteiger partial charge in [-0.1, -0.05) is 110 Å². The minimum absolute atomic E-state index is 0.329. The molecular weight excluding hydrogens is 576 g/mol. The van der Waals surface area contributed by atoms with Crippen LogP contribution in [0.25, 0.3) is 33.9 Å². The van der Waals surface area contributed by atoms with Gasteiger partial charge in [0, 0.05) is 40.0 Å². The van der Waals surface area contributed by atoms with Gasteiger partial charge in [-0.15, -0.1) is 0 Å². The molecule has 5 aromatic carbocycles. The average Bonchev–Trinajstić information content (AvgIpc) is 3.51. The first kappa shape index (κ1) is 29.6. The monoisotopic (exact) mass is 610 g/mol. The van der Waals surface area contributed by atoms with Crippen LogP contribution in [0.1, 0.15) is 52.8 Å². The number of fused-ring (bicyclic) bond motifs is 3. The molecule has 0 bridgehead atoms. The molecule has 1 aromatic heterocycles. The van der Waals surface area contributed by atoms with E-state index in [0.717, 1.165) is 62.5 Å². The molecule has 6 aromatic rings. The summed E-state index contributed by atoms with van der Waals surface area (Å²) in [7, 11) is 0. The quantitative estimate of drug-likeness (QED) is 0.142.